The van der Waals surface area contributed by atoms with Crippen LogP contribution in [0.15, 0.2) is 12.1 Å². The van der Waals surface area contributed by atoms with Crippen LogP contribution in [0.1, 0.15) is 26.7 Å². The fourth-order valence-corrected chi connectivity index (χ4v) is 2.05. The summed E-state index contributed by atoms with van der Waals surface area (Å²) in [6.45, 7) is 6.32. The predicted octanol–water partition coefficient (Wildman–Crippen LogP) is 2.91. The number of ether oxygens (including phenoxy) is 2. The average molecular weight is 252 g/mol. The van der Waals surface area contributed by atoms with Gasteiger partial charge in [-0.1, -0.05) is 13.8 Å². The van der Waals surface area contributed by atoms with Crippen molar-refractivity contribution in [2.24, 2.45) is 0 Å². The van der Waals surface area contributed by atoms with Crippen LogP contribution in [0.3, 0.4) is 0 Å². The molecule has 0 spiro atoms. The summed E-state index contributed by atoms with van der Waals surface area (Å²) in [7, 11) is 3.26. The van der Waals surface area contributed by atoms with E-state index >= 15 is 0 Å². The van der Waals surface area contributed by atoms with E-state index in [0.717, 1.165) is 43.1 Å². The molecule has 1 aromatic carbocycles. The Morgan fingerprint density at radius 1 is 1.00 bits per heavy atom. The third-order valence-corrected chi connectivity index (χ3v) is 2.86. The molecule has 0 saturated heterocycles. The zero-order chi connectivity index (χ0) is 13.5. The van der Waals surface area contributed by atoms with Gasteiger partial charge in [0.05, 0.1) is 25.6 Å². The first-order valence-electron chi connectivity index (χ1n) is 6.44. The number of anilines is 2. The van der Waals surface area contributed by atoms with Crippen molar-refractivity contribution >= 4 is 11.4 Å². The Kier molecular flexibility index (Phi) is 5.62. The molecule has 0 saturated carbocycles. The molecule has 2 N–H and O–H groups in total. The largest absolute Gasteiger partial charge is 0.493 e. The van der Waals surface area contributed by atoms with E-state index in [-0.39, 0.29) is 0 Å². The number of nitrogens with zero attached hydrogens (tertiary/aromatic N) is 1. The second-order valence-corrected chi connectivity index (χ2v) is 4.25. The topological polar surface area (TPSA) is 47.7 Å². The van der Waals surface area contributed by atoms with Crippen LogP contribution in [0.25, 0.3) is 0 Å². The first kappa shape index (κ1) is 14.5. The standard InChI is InChI=1S/C14H24N2O2/c1-5-7-16(8-6-2)12-10-14(18-4)13(17-3)9-11(12)15/h9-10H,5-8,15H2,1-4H3. The van der Waals surface area contributed by atoms with Crippen molar-refractivity contribution in [3.8, 4) is 11.5 Å². The summed E-state index contributed by atoms with van der Waals surface area (Å²) in [6, 6.07) is 3.78. The van der Waals surface area contributed by atoms with Crippen LogP contribution in [-0.4, -0.2) is 27.3 Å². The summed E-state index contributed by atoms with van der Waals surface area (Å²) < 4.78 is 10.6. The second kappa shape index (κ2) is 6.99. The maximum Gasteiger partial charge on any atom is 0.162 e. The van der Waals surface area contributed by atoms with E-state index in [4.69, 9.17) is 15.2 Å². The van der Waals surface area contributed by atoms with Crippen molar-refractivity contribution in [1.29, 1.82) is 0 Å². The van der Waals surface area contributed by atoms with Gasteiger partial charge in [0.15, 0.2) is 11.5 Å². The molecule has 0 aromatic heterocycles. The predicted molar refractivity (Wildman–Crippen MR) is 76.8 cm³/mol. The van der Waals surface area contributed by atoms with Crippen molar-refractivity contribution < 1.29 is 9.47 Å². The molecule has 0 amide bonds. The van der Waals surface area contributed by atoms with Crippen LogP contribution in [0.4, 0.5) is 11.4 Å². The third-order valence-electron chi connectivity index (χ3n) is 2.86. The molecule has 1 rings (SSSR count). The van der Waals surface area contributed by atoms with Crippen molar-refractivity contribution in [1.82, 2.24) is 0 Å². The van der Waals surface area contributed by atoms with E-state index in [1.54, 1.807) is 14.2 Å². The summed E-state index contributed by atoms with van der Waals surface area (Å²) >= 11 is 0. The minimum absolute atomic E-state index is 0.673. The molecule has 4 heteroatoms. The first-order valence-corrected chi connectivity index (χ1v) is 6.44. The molecule has 0 aliphatic rings. The smallest absolute Gasteiger partial charge is 0.162 e. The van der Waals surface area contributed by atoms with Gasteiger partial charge in [0.25, 0.3) is 0 Å². The van der Waals surface area contributed by atoms with Crippen molar-refractivity contribution in [3.63, 3.8) is 0 Å². The van der Waals surface area contributed by atoms with Gasteiger partial charge in [-0.05, 0) is 12.8 Å². The van der Waals surface area contributed by atoms with E-state index in [2.05, 4.69) is 18.7 Å². The quantitative estimate of drug-likeness (QED) is 0.758. The molecule has 0 aliphatic carbocycles. The number of nitrogens with two attached hydrogens (primary N) is 1. The number of rotatable bonds is 7. The molecule has 0 radical (unpaired) electrons. The number of benzene rings is 1. The minimum Gasteiger partial charge on any atom is -0.493 e. The molecule has 0 aliphatic heterocycles. The second-order valence-electron chi connectivity index (χ2n) is 4.25. The van der Waals surface area contributed by atoms with E-state index in [1.165, 1.54) is 0 Å². The highest BCUT2D eigenvalue weighted by Crippen LogP contribution is 2.36. The van der Waals surface area contributed by atoms with Gasteiger partial charge in [-0.3, -0.25) is 0 Å². The van der Waals surface area contributed by atoms with Crippen LogP contribution < -0.4 is 20.1 Å². The van der Waals surface area contributed by atoms with Crippen LogP contribution in [-0.2, 0) is 0 Å². The third kappa shape index (κ3) is 3.22. The van der Waals surface area contributed by atoms with Crippen LogP contribution >= 0.6 is 0 Å². The van der Waals surface area contributed by atoms with Gasteiger partial charge in [-0.25, -0.2) is 0 Å². The molecule has 4 nitrogen and oxygen atoms in total. The highest BCUT2D eigenvalue weighted by Gasteiger charge is 2.13. The Labute approximate surface area is 110 Å². The first-order chi connectivity index (χ1) is 8.67. The molecular formula is C14H24N2O2. The minimum atomic E-state index is 0.673. The Hall–Kier alpha value is -1.58. The summed E-state index contributed by atoms with van der Waals surface area (Å²) in [5.41, 5.74) is 7.86. The maximum absolute atomic E-state index is 6.10. The Morgan fingerprint density at radius 3 is 1.94 bits per heavy atom. The summed E-state index contributed by atoms with van der Waals surface area (Å²) in [6.07, 6.45) is 2.18. The van der Waals surface area contributed by atoms with Crippen molar-refractivity contribution in [3.05, 3.63) is 12.1 Å². The van der Waals surface area contributed by atoms with Gasteiger partial charge < -0.3 is 20.1 Å². The SMILES string of the molecule is CCCN(CCC)c1cc(OC)c(OC)cc1N. The lowest BCUT2D eigenvalue weighted by atomic mass is 10.2. The highest BCUT2D eigenvalue weighted by atomic mass is 16.5. The van der Waals surface area contributed by atoms with Crippen LogP contribution in [0.5, 0.6) is 11.5 Å². The van der Waals surface area contributed by atoms with Crippen LogP contribution in [0.2, 0.25) is 0 Å². The lowest BCUT2D eigenvalue weighted by Gasteiger charge is -2.26. The fourth-order valence-electron chi connectivity index (χ4n) is 2.05. The number of nitrogen functional groups attached to an aromatic ring is 1. The Morgan fingerprint density at radius 2 is 1.50 bits per heavy atom. The number of methoxy groups -OCH3 is 2. The Balaban J connectivity index is 3.12. The lowest BCUT2D eigenvalue weighted by molar-refractivity contribution is 0.355. The zero-order valence-corrected chi connectivity index (χ0v) is 11.8. The van der Waals surface area contributed by atoms with Crippen molar-refractivity contribution in [2.75, 3.05) is 37.9 Å². The van der Waals surface area contributed by atoms with Gasteiger partial charge in [-0.2, -0.15) is 0 Å². The fraction of sp³-hybridized carbons (Fsp3) is 0.571. The number of hydrogen-bond acceptors (Lipinski definition) is 4. The molecule has 18 heavy (non-hydrogen) atoms. The highest BCUT2D eigenvalue weighted by molar-refractivity contribution is 5.73. The van der Waals surface area contributed by atoms with Gasteiger partial charge in [0.2, 0.25) is 0 Å². The van der Waals surface area contributed by atoms with Crippen molar-refractivity contribution in [2.45, 2.75) is 26.7 Å². The molecule has 1 aromatic rings. The van der Waals surface area contributed by atoms with Gasteiger partial charge in [-0.15, -0.1) is 0 Å². The molecule has 0 bridgehead atoms. The van der Waals surface area contributed by atoms with E-state index < -0.39 is 0 Å². The summed E-state index contributed by atoms with van der Waals surface area (Å²) in [5, 5.41) is 0. The van der Waals surface area contributed by atoms with E-state index in [0.29, 0.717) is 5.75 Å². The molecule has 0 atom stereocenters. The van der Waals surface area contributed by atoms with Gasteiger partial charge in [0.1, 0.15) is 0 Å². The molecule has 0 unspecified atom stereocenters. The molecule has 102 valence electrons. The summed E-state index contributed by atoms with van der Waals surface area (Å²) in [5.74, 6) is 1.39. The van der Waals surface area contributed by atoms with Crippen LogP contribution in [0, 0.1) is 0 Å². The summed E-state index contributed by atoms with van der Waals surface area (Å²) in [4.78, 5) is 2.29. The molecular weight excluding hydrogens is 228 g/mol. The molecule has 0 fully saturated rings. The average Bonchev–Trinajstić information content (AvgIpc) is 2.38. The van der Waals surface area contributed by atoms with E-state index in [1.807, 2.05) is 12.1 Å². The normalized spacial score (nSPS) is 10.2. The molecule has 0 heterocycles. The Bertz CT molecular complexity index is 374. The monoisotopic (exact) mass is 252 g/mol. The van der Waals surface area contributed by atoms with E-state index in [9.17, 15) is 0 Å². The van der Waals surface area contributed by atoms with Gasteiger partial charge in [0, 0.05) is 25.2 Å². The van der Waals surface area contributed by atoms with Gasteiger partial charge >= 0.3 is 0 Å². The lowest BCUT2D eigenvalue weighted by Crippen LogP contribution is -2.25. The number of hydrogen-bond donors (Lipinski definition) is 1. The maximum atomic E-state index is 6.10. The zero-order valence-electron chi connectivity index (χ0n) is 11.8.